The molecule has 1 aliphatic heterocycles. The van der Waals surface area contributed by atoms with Crippen LogP contribution in [0.15, 0.2) is 22.7 Å². The van der Waals surface area contributed by atoms with Crippen molar-refractivity contribution in [2.45, 2.75) is 19.3 Å². The van der Waals surface area contributed by atoms with Gasteiger partial charge in [0, 0.05) is 23.2 Å². The maximum Gasteiger partial charge on any atom is 0.0512 e. The van der Waals surface area contributed by atoms with Gasteiger partial charge in [-0.1, -0.05) is 0 Å². The Labute approximate surface area is 98.6 Å². The molecule has 2 aliphatic rings. The monoisotopic (exact) mass is 266 g/mol. The van der Waals surface area contributed by atoms with Crippen LogP contribution in [0.2, 0.25) is 0 Å². The first-order chi connectivity index (χ1) is 7.19. The summed E-state index contributed by atoms with van der Waals surface area (Å²) < 4.78 is 1.13. The van der Waals surface area contributed by atoms with Gasteiger partial charge in [-0.2, -0.15) is 0 Å². The van der Waals surface area contributed by atoms with E-state index in [-0.39, 0.29) is 0 Å². The molecule has 2 nitrogen and oxygen atoms in total. The van der Waals surface area contributed by atoms with Crippen LogP contribution < -0.4 is 10.6 Å². The van der Waals surface area contributed by atoms with Crippen LogP contribution in [0.4, 0.5) is 11.4 Å². The first-order valence-electron chi connectivity index (χ1n) is 5.49. The first kappa shape index (κ1) is 9.52. The summed E-state index contributed by atoms with van der Waals surface area (Å²) in [4.78, 5) is 2.48. The van der Waals surface area contributed by atoms with Gasteiger partial charge >= 0.3 is 0 Å². The van der Waals surface area contributed by atoms with Gasteiger partial charge < -0.3 is 10.6 Å². The second-order valence-corrected chi connectivity index (χ2v) is 5.74. The fraction of sp³-hybridized carbons (Fsp3) is 0.500. The second-order valence-electron chi connectivity index (χ2n) is 4.88. The molecule has 0 amide bonds. The highest BCUT2D eigenvalue weighted by Gasteiger charge is 2.47. The Morgan fingerprint density at radius 1 is 1.27 bits per heavy atom. The van der Waals surface area contributed by atoms with Gasteiger partial charge in [-0.15, -0.1) is 0 Å². The molecule has 0 unspecified atom stereocenters. The van der Waals surface area contributed by atoms with Crippen molar-refractivity contribution < 1.29 is 0 Å². The van der Waals surface area contributed by atoms with E-state index in [0.29, 0.717) is 5.41 Å². The molecular formula is C12H15BrN2. The molecular weight excluding hydrogens is 252 g/mol. The van der Waals surface area contributed by atoms with E-state index in [1.165, 1.54) is 38.0 Å². The van der Waals surface area contributed by atoms with Gasteiger partial charge in [-0.05, 0) is 58.8 Å². The van der Waals surface area contributed by atoms with Gasteiger partial charge in [0.2, 0.25) is 0 Å². The van der Waals surface area contributed by atoms with Gasteiger partial charge in [0.1, 0.15) is 0 Å². The fourth-order valence-electron chi connectivity index (χ4n) is 2.51. The van der Waals surface area contributed by atoms with Crippen molar-refractivity contribution >= 4 is 27.3 Å². The summed E-state index contributed by atoms with van der Waals surface area (Å²) in [6.07, 6.45) is 4.22. The van der Waals surface area contributed by atoms with Crippen molar-refractivity contribution in [2.75, 3.05) is 23.7 Å². The zero-order valence-corrected chi connectivity index (χ0v) is 10.3. The minimum atomic E-state index is 0.681. The first-order valence-corrected chi connectivity index (χ1v) is 6.28. The van der Waals surface area contributed by atoms with E-state index >= 15 is 0 Å². The normalized spacial score (nSPS) is 22.3. The van der Waals surface area contributed by atoms with Gasteiger partial charge in [0.15, 0.2) is 0 Å². The topological polar surface area (TPSA) is 29.3 Å². The minimum absolute atomic E-state index is 0.681. The summed E-state index contributed by atoms with van der Waals surface area (Å²) in [6.45, 7) is 2.43. The van der Waals surface area contributed by atoms with Crippen molar-refractivity contribution in [3.05, 3.63) is 22.7 Å². The highest BCUT2D eigenvalue weighted by Crippen LogP contribution is 2.53. The summed E-state index contributed by atoms with van der Waals surface area (Å²) in [5, 5.41) is 0. The maximum absolute atomic E-state index is 5.74. The average Bonchev–Trinajstić information content (AvgIpc) is 2.79. The number of nitrogens with zero attached hydrogens (tertiary/aromatic N) is 1. The van der Waals surface area contributed by atoms with Gasteiger partial charge in [0.05, 0.1) is 5.69 Å². The Morgan fingerprint density at radius 3 is 2.67 bits per heavy atom. The van der Waals surface area contributed by atoms with E-state index < -0.39 is 0 Å². The van der Waals surface area contributed by atoms with E-state index in [0.717, 1.165) is 10.2 Å². The molecule has 1 aromatic carbocycles. The number of nitrogens with two attached hydrogens (primary N) is 1. The van der Waals surface area contributed by atoms with Crippen molar-refractivity contribution in [3.8, 4) is 0 Å². The third kappa shape index (κ3) is 1.63. The van der Waals surface area contributed by atoms with E-state index in [9.17, 15) is 0 Å². The predicted octanol–water partition coefficient (Wildman–Crippen LogP) is 3.02. The van der Waals surface area contributed by atoms with Crippen molar-refractivity contribution in [2.24, 2.45) is 5.41 Å². The Morgan fingerprint density at radius 2 is 2.07 bits per heavy atom. The molecule has 0 aromatic heterocycles. The van der Waals surface area contributed by atoms with Crippen LogP contribution in [-0.2, 0) is 0 Å². The van der Waals surface area contributed by atoms with Gasteiger partial charge in [-0.25, -0.2) is 0 Å². The number of benzene rings is 1. The SMILES string of the molecule is Nc1ccc(N2CCC3(CC3)C2)c(Br)c1. The third-order valence-electron chi connectivity index (χ3n) is 3.71. The highest BCUT2D eigenvalue weighted by molar-refractivity contribution is 9.10. The molecule has 1 aliphatic carbocycles. The molecule has 1 aromatic rings. The highest BCUT2D eigenvalue weighted by atomic mass is 79.9. The number of anilines is 2. The minimum Gasteiger partial charge on any atom is -0.399 e. The van der Waals surface area contributed by atoms with Crippen LogP contribution in [0.3, 0.4) is 0 Å². The molecule has 1 saturated carbocycles. The summed E-state index contributed by atoms with van der Waals surface area (Å²) in [5.41, 5.74) is 8.55. The molecule has 1 spiro atoms. The molecule has 0 atom stereocenters. The van der Waals surface area contributed by atoms with Crippen LogP contribution in [0.25, 0.3) is 0 Å². The second kappa shape index (κ2) is 3.14. The van der Waals surface area contributed by atoms with Crippen LogP contribution in [-0.4, -0.2) is 13.1 Å². The van der Waals surface area contributed by atoms with E-state index in [1.807, 2.05) is 12.1 Å². The number of hydrogen-bond acceptors (Lipinski definition) is 2. The quantitative estimate of drug-likeness (QED) is 0.792. The van der Waals surface area contributed by atoms with E-state index in [1.54, 1.807) is 0 Å². The lowest BCUT2D eigenvalue weighted by Crippen LogP contribution is -2.20. The molecule has 0 radical (unpaired) electrons. The number of halogens is 1. The zero-order chi connectivity index (χ0) is 10.5. The Balaban J connectivity index is 1.87. The smallest absolute Gasteiger partial charge is 0.0512 e. The molecule has 3 rings (SSSR count). The molecule has 2 fully saturated rings. The molecule has 1 saturated heterocycles. The summed E-state index contributed by atoms with van der Waals surface area (Å²) in [7, 11) is 0. The Kier molecular flexibility index (Phi) is 2.00. The van der Waals surface area contributed by atoms with Gasteiger partial charge in [0.25, 0.3) is 0 Å². The molecule has 2 N–H and O–H groups in total. The van der Waals surface area contributed by atoms with Crippen molar-refractivity contribution in [1.29, 1.82) is 0 Å². The zero-order valence-electron chi connectivity index (χ0n) is 8.67. The van der Waals surface area contributed by atoms with Crippen LogP contribution in [0, 0.1) is 5.41 Å². The average molecular weight is 267 g/mol. The van der Waals surface area contributed by atoms with Crippen molar-refractivity contribution in [1.82, 2.24) is 0 Å². The molecule has 1 heterocycles. The maximum atomic E-state index is 5.74. The number of nitrogen functional groups attached to an aromatic ring is 1. The summed E-state index contributed by atoms with van der Waals surface area (Å²) in [5.74, 6) is 0. The standard InChI is InChI=1S/C12H15BrN2/c13-10-7-9(14)1-2-11(10)15-6-5-12(8-15)3-4-12/h1-2,7H,3-6,8,14H2. The number of hydrogen-bond donors (Lipinski definition) is 1. The van der Waals surface area contributed by atoms with Crippen LogP contribution in [0.5, 0.6) is 0 Å². The lowest BCUT2D eigenvalue weighted by Gasteiger charge is -2.20. The molecule has 3 heteroatoms. The molecule has 80 valence electrons. The Bertz CT molecular complexity index is 399. The van der Waals surface area contributed by atoms with Crippen LogP contribution in [0.1, 0.15) is 19.3 Å². The lowest BCUT2D eigenvalue weighted by molar-refractivity contribution is 0.581. The molecule has 15 heavy (non-hydrogen) atoms. The largest absolute Gasteiger partial charge is 0.399 e. The van der Waals surface area contributed by atoms with E-state index in [2.05, 4.69) is 26.9 Å². The predicted molar refractivity (Wildman–Crippen MR) is 67.1 cm³/mol. The molecule has 0 bridgehead atoms. The summed E-state index contributed by atoms with van der Waals surface area (Å²) in [6, 6.07) is 6.10. The van der Waals surface area contributed by atoms with Gasteiger partial charge in [-0.3, -0.25) is 0 Å². The fourth-order valence-corrected chi connectivity index (χ4v) is 3.15. The Hall–Kier alpha value is -0.700. The van der Waals surface area contributed by atoms with Crippen LogP contribution >= 0.6 is 15.9 Å². The third-order valence-corrected chi connectivity index (χ3v) is 4.34. The summed E-state index contributed by atoms with van der Waals surface area (Å²) >= 11 is 3.59. The van der Waals surface area contributed by atoms with Crippen molar-refractivity contribution in [3.63, 3.8) is 0 Å². The van der Waals surface area contributed by atoms with E-state index in [4.69, 9.17) is 5.73 Å². The number of rotatable bonds is 1. The lowest BCUT2D eigenvalue weighted by atomic mass is 10.1.